The number of anilines is 1. The molecule has 2 aromatic carbocycles. The fourth-order valence-electron chi connectivity index (χ4n) is 4.10. The Morgan fingerprint density at radius 1 is 1.14 bits per heavy atom. The lowest BCUT2D eigenvalue weighted by atomic mass is 10.1. The summed E-state index contributed by atoms with van der Waals surface area (Å²) in [7, 11) is -3.74. The molecule has 1 saturated heterocycles. The van der Waals surface area contributed by atoms with Crippen LogP contribution in [0.25, 0.3) is 11.3 Å². The number of carbonyl (C=O) groups excluding carboxylic acids is 2. The molecule has 2 heterocycles. The van der Waals surface area contributed by atoms with Gasteiger partial charge in [0.05, 0.1) is 16.5 Å². The van der Waals surface area contributed by atoms with Crippen molar-refractivity contribution in [3.05, 3.63) is 78.5 Å². The normalized spacial score (nSPS) is 16.0. The van der Waals surface area contributed by atoms with Crippen LogP contribution in [0.3, 0.4) is 0 Å². The van der Waals surface area contributed by atoms with Crippen molar-refractivity contribution < 1.29 is 18.0 Å². The molecule has 1 aromatic heterocycles. The monoisotopic (exact) mass is 493 g/mol. The van der Waals surface area contributed by atoms with E-state index < -0.39 is 15.9 Å². The molecule has 3 N–H and O–H groups in total. The van der Waals surface area contributed by atoms with Crippen LogP contribution in [0, 0.1) is 6.92 Å². The molecular weight excluding hydrogens is 466 g/mol. The molecular formula is C25H27N5O4S. The van der Waals surface area contributed by atoms with E-state index in [9.17, 15) is 18.0 Å². The van der Waals surface area contributed by atoms with Gasteiger partial charge >= 0.3 is 0 Å². The van der Waals surface area contributed by atoms with Crippen molar-refractivity contribution in [1.82, 2.24) is 14.7 Å². The summed E-state index contributed by atoms with van der Waals surface area (Å²) in [5, 5.41) is 4.62. The predicted octanol–water partition coefficient (Wildman–Crippen LogP) is 3.11. The van der Waals surface area contributed by atoms with Crippen molar-refractivity contribution in [2.75, 3.05) is 17.8 Å². The fourth-order valence-corrected chi connectivity index (χ4v) is 5.16. The van der Waals surface area contributed by atoms with E-state index in [1.807, 2.05) is 6.92 Å². The summed E-state index contributed by atoms with van der Waals surface area (Å²) < 4.78 is 29.6. The van der Waals surface area contributed by atoms with Crippen LogP contribution < -0.4 is 10.5 Å². The molecule has 10 heteroatoms. The standard InChI is InChI=1S/C25H27N5O4S/c1-3-23(31)29-14-4-5-20(15-29)30-16-22(25(26)32)24(27-30)18-8-10-19(11-9-18)28-35(33,34)21-12-6-17(2)7-13-21/h3,6-13,16,20,28H,1,4-5,14-15H2,2H3,(H2,26,32)/t20-/m1/s1. The molecule has 0 bridgehead atoms. The van der Waals surface area contributed by atoms with E-state index in [4.69, 9.17) is 5.73 Å². The van der Waals surface area contributed by atoms with E-state index in [-0.39, 0.29) is 22.4 Å². The van der Waals surface area contributed by atoms with E-state index in [1.165, 1.54) is 6.08 Å². The van der Waals surface area contributed by atoms with Crippen molar-refractivity contribution in [3.8, 4) is 11.3 Å². The molecule has 3 aromatic rings. The van der Waals surface area contributed by atoms with Gasteiger partial charge in [-0.05, 0) is 50.1 Å². The molecule has 0 unspecified atom stereocenters. The first-order valence-electron chi connectivity index (χ1n) is 11.2. The molecule has 35 heavy (non-hydrogen) atoms. The highest BCUT2D eigenvalue weighted by atomic mass is 32.2. The van der Waals surface area contributed by atoms with Crippen LogP contribution >= 0.6 is 0 Å². The molecule has 4 rings (SSSR count). The van der Waals surface area contributed by atoms with Gasteiger partial charge in [0, 0.05) is 30.5 Å². The van der Waals surface area contributed by atoms with E-state index in [0.29, 0.717) is 30.0 Å². The van der Waals surface area contributed by atoms with Crippen LogP contribution in [0.4, 0.5) is 5.69 Å². The van der Waals surface area contributed by atoms with Crippen LogP contribution in [-0.4, -0.2) is 48.0 Å². The largest absolute Gasteiger partial charge is 0.365 e. The number of aryl methyl sites for hydroxylation is 1. The highest BCUT2D eigenvalue weighted by Gasteiger charge is 2.26. The number of amides is 2. The van der Waals surface area contributed by atoms with Crippen molar-refractivity contribution >= 4 is 27.5 Å². The van der Waals surface area contributed by atoms with Crippen LogP contribution in [0.15, 0.2) is 72.3 Å². The Hall–Kier alpha value is -3.92. The molecule has 9 nitrogen and oxygen atoms in total. The number of likely N-dealkylation sites (tertiary alicyclic amines) is 1. The quantitative estimate of drug-likeness (QED) is 0.489. The van der Waals surface area contributed by atoms with Gasteiger partial charge in [0.25, 0.3) is 15.9 Å². The lowest BCUT2D eigenvalue weighted by molar-refractivity contribution is -0.127. The van der Waals surface area contributed by atoms with Gasteiger partial charge in [0.15, 0.2) is 0 Å². The second-order valence-electron chi connectivity index (χ2n) is 8.52. The summed E-state index contributed by atoms with van der Waals surface area (Å²) in [4.78, 5) is 26.1. The number of nitrogens with two attached hydrogens (primary N) is 1. The van der Waals surface area contributed by atoms with Crippen LogP contribution in [0.5, 0.6) is 0 Å². The zero-order chi connectivity index (χ0) is 25.2. The average molecular weight is 494 g/mol. The van der Waals surface area contributed by atoms with Crippen LogP contribution in [0.1, 0.15) is 34.8 Å². The summed E-state index contributed by atoms with van der Waals surface area (Å²) in [6.07, 6.45) is 4.51. The van der Waals surface area contributed by atoms with Gasteiger partial charge in [-0.25, -0.2) is 8.42 Å². The zero-order valence-electron chi connectivity index (χ0n) is 19.3. The average Bonchev–Trinajstić information content (AvgIpc) is 3.30. The smallest absolute Gasteiger partial charge is 0.261 e. The summed E-state index contributed by atoms with van der Waals surface area (Å²) >= 11 is 0. The lowest BCUT2D eigenvalue weighted by Crippen LogP contribution is -2.40. The summed E-state index contributed by atoms with van der Waals surface area (Å²) in [6.45, 7) is 6.54. The second-order valence-corrected chi connectivity index (χ2v) is 10.2. The van der Waals surface area contributed by atoms with Gasteiger partial charge < -0.3 is 10.6 Å². The number of rotatable bonds is 7. The van der Waals surface area contributed by atoms with E-state index in [2.05, 4.69) is 16.4 Å². The minimum atomic E-state index is -3.74. The summed E-state index contributed by atoms with van der Waals surface area (Å²) in [5.41, 5.74) is 8.23. The van der Waals surface area contributed by atoms with Gasteiger partial charge in [-0.2, -0.15) is 5.10 Å². The highest BCUT2D eigenvalue weighted by Crippen LogP contribution is 2.28. The van der Waals surface area contributed by atoms with Gasteiger partial charge in [0.1, 0.15) is 5.69 Å². The van der Waals surface area contributed by atoms with Gasteiger partial charge in [-0.1, -0.05) is 36.4 Å². The van der Waals surface area contributed by atoms with Crippen molar-refractivity contribution in [2.45, 2.75) is 30.7 Å². The SMILES string of the molecule is C=CC(=O)N1CCC[C@@H](n2cc(C(N)=O)c(-c3ccc(NS(=O)(=O)c4ccc(C)cc4)cc3)n2)C1. The Labute approximate surface area is 204 Å². The number of sulfonamides is 1. The lowest BCUT2D eigenvalue weighted by Gasteiger charge is -2.32. The minimum Gasteiger partial charge on any atom is -0.365 e. The third-order valence-corrected chi connectivity index (χ3v) is 7.39. The molecule has 0 spiro atoms. The number of carbonyl (C=O) groups is 2. The number of piperidine rings is 1. The Morgan fingerprint density at radius 2 is 1.83 bits per heavy atom. The van der Waals surface area contributed by atoms with Crippen molar-refractivity contribution in [1.29, 1.82) is 0 Å². The first kappa shape index (κ1) is 24.2. The van der Waals surface area contributed by atoms with Gasteiger partial charge in [0.2, 0.25) is 5.91 Å². The Balaban J connectivity index is 1.57. The molecule has 1 aliphatic heterocycles. The Bertz CT molecular complexity index is 1360. The number of hydrogen-bond acceptors (Lipinski definition) is 5. The first-order chi connectivity index (χ1) is 16.7. The molecule has 0 aliphatic carbocycles. The predicted molar refractivity (Wildman–Crippen MR) is 133 cm³/mol. The molecule has 1 atom stereocenters. The molecule has 1 aliphatic rings. The number of primary amides is 1. The van der Waals surface area contributed by atoms with Gasteiger partial charge in [-0.15, -0.1) is 0 Å². The Morgan fingerprint density at radius 3 is 2.46 bits per heavy atom. The molecule has 2 amide bonds. The zero-order valence-corrected chi connectivity index (χ0v) is 20.2. The van der Waals surface area contributed by atoms with Crippen LogP contribution in [-0.2, 0) is 14.8 Å². The molecule has 0 saturated carbocycles. The number of aromatic nitrogens is 2. The Kier molecular flexibility index (Phi) is 6.74. The van der Waals surface area contributed by atoms with E-state index in [0.717, 1.165) is 18.4 Å². The maximum absolute atomic E-state index is 12.7. The fraction of sp³-hybridized carbons (Fsp3) is 0.240. The van der Waals surface area contributed by atoms with E-state index in [1.54, 1.807) is 64.3 Å². The maximum atomic E-state index is 12.7. The van der Waals surface area contributed by atoms with Crippen LogP contribution in [0.2, 0.25) is 0 Å². The highest BCUT2D eigenvalue weighted by molar-refractivity contribution is 7.92. The van der Waals surface area contributed by atoms with E-state index >= 15 is 0 Å². The first-order valence-corrected chi connectivity index (χ1v) is 12.7. The topological polar surface area (TPSA) is 127 Å². The third kappa shape index (κ3) is 5.27. The number of nitrogens with zero attached hydrogens (tertiary/aromatic N) is 3. The number of hydrogen-bond donors (Lipinski definition) is 2. The van der Waals surface area contributed by atoms with Crippen molar-refractivity contribution in [2.24, 2.45) is 5.73 Å². The van der Waals surface area contributed by atoms with Crippen molar-refractivity contribution in [3.63, 3.8) is 0 Å². The molecule has 1 fully saturated rings. The number of benzene rings is 2. The summed E-state index contributed by atoms with van der Waals surface area (Å²) in [6, 6.07) is 13.0. The molecule has 0 radical (unpaired) electrons. The third-order valence-electron chi connectivity index (χ3n) is 6.00. The molecule has 182 valence electrons. The summed E-state index contributed by atoms with van der Waals surface area (Å²) in [5.74, 6) is -0.758. The maximum Gasteiger partial charge on any atom is 0.261 e. The number of nitrogens with one attached hydrogen (secondary N) is 1. The second kappa shape index (κ2) is 9.75. The minimum absolute atomic E-state index is 0.0971. The van der Waals surface area contributed by atoms with Gasteiger partial charge in [-0.3, -0.25) is 19.0 Å².